The fourth-order valence-corrected chi connectivity index (χ4v) is 2.79. The average Bonchev–Trinajstić information content (AvgIpc) is 2.05. The molecule has 0 radical (unpaired) electrons. The summed E-state index contributed by atoms with van der Waals surface area (Å²) in [4.78, 5) is 10.8. The molecular formula is C9H18N2O3S. The van der Waals surface area contributed by atoms with E-state index < -0.39 is 10.0 Å². The average molecular weight is 234 g/mol. The van der Waals surface area contributed by atoms with Crippen molar-refractivity contribution in [2.75, 3.05) is 6.26 Å². The molecule has 0 aliphatic heterocycles. The maximum absolute atomic E-state index is 11.0. The van der Waals surface area contributed by atoms with Crippen LogP contribution in [-0.4, -0.2) is 32.7 Å². The molecule has 88 valence electrons. The van der Waals surface area contributed by atoms with E-state index in [1.54, 1.807) is 0 Å². The summed E-state index contributed by atoms with van der Waals surface area (Å²) in [5.74, 6) is -0.0190. The van der Waals surface area contributed by atoms with Crippen LogP contribution in [0.5, 0.6) is 0 Å². The minimum Gasteiger partial charge on any atom is -0.354 e. The molecule has 1 amide bonds. The van der Waals surface area contributed by atoms with E-state index in [1.807, 2.05) is 0 Å². The fourth-order valence-electron chi connectivity index (χ4n) is 1.95. The van der Waals surface area contributed by atoms with E-state index >= 15 is 0 Å². The summed E-state index contributed by atoms with van der Waals surface area (Å²) < 4.78 is 24.5. The molecule has 0 aromatic heterocycles. The normalized spacial score (nSPS) is 27.3. The van der Waals surface area contributed by atoms with Gasteiger partial charge in [0.05, 0.1) is 6.26 Å². The van der Waals surface area contributed by atoms with Crippen LogP contribution in [0.3, 0.4) is 0 Å². The minimum absolute atomic E-state index is 0.0190. The van der Waals surface area contributed by atoms with E-state index in [2.05, 4.69) is 10.0 Å². The molecule has 5 nitrogen and oxygen atoms in total. The summed E-state index contributed by atoms with van der Waals surface area (Å²) in [5.41, 5.74) is 0. The van der Waals surface area contributed by atoms with Gasteiger partial charge in [-0.3, -0.25) is 4.79 Å². The van der Waals surface area contributed by atoms with Crippen LogP contribution in [-0.2, 0) is 14.8 Å². The van der Waals surface area contributed by atoms with Crippen LogP contribution in [0.2, 0.25) is 0 Å². The van der Waals surface area contributed by atoms with Crippen molar-refractivity contribution in [1.82, 2.24) is 10.0 Å². The maximum atomic E-state index is 11.0. The van der Waals surface area contributed by atoms with E-state index in [-0.39, 0.29) is 18.0 Å². The second-order valence-corrected chi connectivity index (χ2v) is 5.92. The first-order valence-electron chi connectivity index (χ1n) is 5.11. The summed E-state index contributed by atoms with van der Waals surface area (Å²) in [5, 5.41) is 2.85. The van der Waals surface area contributed by atoms with Gasteiger partial charge in [-0.05, 0) is 25.7 Å². The number of nitrogens with one attached hydrogen (secondary N) is 2. The van der Waals surface area contributed by atoms with Crippen LogP contribution in [0.15, 0.2) is 0 Å². The Morgan fingerprint density at radius 3 is 2.00 bits per heavy atom. The van der Waals surface area contributed by atoms with Crippen LogP contribution in [0.25, 0.3) is 0 Å². The Hall–Kier alpha value is -0.620. The highest BCUT2D eigenvalue weighted by atomic mass is 32.2. The summed E-state index contributed by atoms with van der Waals surface area (Å²) in [6.07, 6.45) is 4.43. The Kier molecular flexibility index (Phi) is 4.10. The standard InChI is InChI=1S/C9H18N2O3S/c1-7(12)10-8-3-5-9(6-4-8)11-15(2,13)14/h8-9,11H,3-6H2,1-2H3,(H,10,12). The summed E-state index contributed by atoms with van der Waals surface area (Å²) >= 11 is 0. The van der Waals surface area contributed by atoms with Crippen LogP contribution >= 0.6 is 0 Å². The molecule has 15 heavy (non-hydrogen) atoms. The van der Waals surface area contributed by atoms with Crippen LogP contribution in [0.1, 0.15) is 32.6 Å². The Morgan fingerprint density at radius 2 is 1.60 bits per heavy atom. The molecule has 0 heterocycles. The lowest BCUT2D eigenvalue weighted by atomic mass is 9.92. The molecule has 0 aromatic rings. The maximum Gasteiger partial charge on any atom is 0.217 e. The third kappa shape index (κ3) is 5.13. The van der Waals surface area contributed by atoms with E-state index in [4.69, 9.17) is 0 Å². The van der Waals surface area contributed by atoms with Gasteiger partial charge in [-0.15, -0.1) is 0 Å². The predicted octanol–water partition coefficient (Wildman–Crippen LogP) is -0.0171. The van der Waals surface area contributed by atoms with E-state index in [0.29, 0.717) is 0 Å². The zero-order valence-corrected chi connectivity index (χ0v) is 9.93. The molecule has 6 heteroatoms. The quantitative estimate of drug-likeness (QED) is 0.721. The monoisotopic (exact) mass is 234 g/mol. The van der Waals surface area contributed by atoms with Crippen molar-refractivity contribution < 1.29 is 13.2 Å². The van der Waals surface area contributed by atoms with Crippen molar-refractivity contribution in [1.29, 1.82) is 0 Å². The van der Waals surface area contributed by atoms with Gasteiger partial charge in [0.25, 0.3) is 0 Å². The minimum atomic E-state index is -3.10. The van der Waals surface area contributed by atoms with Gasteiger partial charge in [0.1, 0.15) is 0 Å². The highest BCUT2D eigenvalue weighted by Gasteiger charge is 2.23. The molecule has 0 saturated heterocycles. The van der Waals surface area contributed by atoms with Crippen molar-refractivity contribution in [3.05, 3.63) is 0 Å². The van der Waals surface area contributed by atoms with Crippen molar-refractivity contribution >= 4 is 15.9 Å². The van der Waals surface area contributed by atoms with Crippen molar-refractivity contribution in [3.63, 3.8) is 0 Å². The van der Waals surface area contributed by atoms with Gasteiger partial charge in [-0.2, -0.15) is 0 Å². The second kappa shape index (κ2) is 4.94. The van der Waals surface area contributed by atoms with Gasteiger partial charge in [0.2, 0.25) is 15.9 Å². The highest BCUT2D eigenvalue weighted by molar-refractivity contribution is 7.88. The molecule has 0 bridgehead atoms. The van der Waals surface area contributed by atoms with Gasteiger partial charge >= 0.3 is 0 Å². The Balaban J connectivity index is 2.33. The molecule has 1 aliphatic carbocycles. The summed E-state index contributed by atoms with van der Waals surface area (Å²) in [6.45, 7) is 1.50. The topological polar surface area (TPSA) is 75.3 Å². The molecule has 0 unspecified atom stereocenters. The molecule has 0 aromatic carbocycles. The van der Waals surface area contributed by atoms with Crippen LogP contribution in [0, 0.1) is 0 Å². The number of sulfonamides is 1. The van der Waals surface area contributed by atoms with E-state index in [1.165, 1.54) is 13.2 Å². The molecule has 0 atom stereocenters. The third-order valence-electron chi connectivity index (χ3n) is 2.52. The number of rotatable bonds is 3. The second-order valence-electron chi connectivity index (χ2n) is 4.14. The fraction of sp³-hybridized carbons (Fsp3) is 0.889. The smallest absolute Gasteiger partial charge is 0.217 e. The Labute approximate surface area is 90.7 Å². The molecule has 1 saturated carbocycles. The summed E-state index contributed by atoms with van der Waals surface area (Å²) in [6, 6.07) is 0.241. The van der Waals surface area contributed by atoms with Crippen molar-refractivity contribution in [3.8, 4) is 0 Å². The van der Waals surface area contributed by atoms with Gasteiger partial charge in [-0.1, -0.05) is 0 Å². The number of amides is 1. The summed E-state index contributed by atoms with van der Waals surface area (Å²) in [7, 11) is -3.10. The molecule has 1 rings (SSSR count). The van der Waals surface area contributed by atoms with Gasteiger partial charge < -0.3 is 5.32 Å². The first-order chi connectivity index (χ1) is 6.87. The van der Waals surface area contributed by atoms with Crippen molar-refractivity contribution in [2.24, 2.45) is 0 Å². The highest BCUT2D eigenvalue weighted by Crippen LogP contribution is 2.18. The Morgan fingerprint density at radius 1 is 1.13 bits per heavy atom. The van der Waals surface area contributed by atoms with Crippen LogP contribution < -0.4 is 10.0 Å². The first kappa shape index (κ1) is 12.4. The van der Waals surface area contributed by atoms with Gasteiger partial charge in [0.15, 0.2) is 0 Å². The first-order valence-corrected chi connectivity index (χ1v) is 7.00. The third-order valence-corrected chi connectivity index (χ3v) is 3.28. The number of carbonyl (C=O) groups is 1. The van der Waals surface area contributed by atoms with Gasteiger partial charge in [-0.25, -0.2) is 13.1 Å². The zero-order chi connectivity index (χ0) is 11.5. The number of carbonyl (C=O) groups excluding carboxylic acids is 1. The van der Waals surface area contributed by atoms with E-state index in [0.717, 1.165) is 25.7 Å². The Bertz CT molecular complexity index is 318. The largest absolute Gasteiger partial charge is 0.354 e. The lowest BCUT2D eigenvalue weighted by molar-refractivity contribution is -0.119. The number of hydrogen-bond acceptors (Lipinski definition) is 3. The molecule has 2 N–H and O–H groups in total. The predicted molar refractivity (Wildman–Crippen MR) is 57.8 cm³/mol. The lowest BCUT2D eigenvalue weighted by Crippen LogP contribution is -2.42. The molecule has 0 spiro atoms. The lowest BCUT2D eigenvalue weighted by Gasteiger charge is -2.28. The van der Waals surface area contributed by atoms with E-state index in [9.17, 15) is 13.2 Å². The SMILES string of the molecule is CC(=O)NC1CCC(NS(C)(=O)=O)CC1. The molecule has 1 fully saturated rings. The molecular weight excluding hydrogens is 216 g/mol. The molecule has 1 aliphatic rings. The number of hydrogen-bond donors (Lipinski definition) is 2. The zero-order valence-electron chi connectivity index (χ0n) is 9.12. The van der Waals surface area contributed by atoms with Crippen LogP contribution in [0.4, 0.5) is 0 Å². The van der Waals surface area contributed by atoms with Crippen molar-refractivity contribution in [2.45, 2.75) is 44.7 Å². The van der Waals surface area contributed by atoms with Gasteiger partial charge in [0, 0.05) is 19.0 Å².